The number of hydrogen-bond acceptors (Lipinski definition) is 4. The first-order valence-electron chi connectivity index (χ1n) is 9.97. The number of aromatic nitrogens is 2. The van der Waals surface area contributed by atoms with E-state index in [-0.39, 0.29) is 17.7 Å². The van der Waals surface area contributed by atoms with Crippen LogP contribution in [0.4, 0.5) is 10.3 Å². The van der Waals surface area contributed by atoms with Crippen LogP contribution in [0, 0.1) is 5.41 Å². The van der Waals surface area contributed by atoms with Crippen LogP contribution in [0.5, 0.6) is 0 Å². The van der Waals surface area contributed by atoms with Crippen molar-refractivity contribution in [3.8, 4) is 0 Å². The molecule has 2 aromatic rings. The molecule has 0 saturated carbocycles. The highest BCUT2D eigenvalue weighted by atomic mass is 19.1. The van der Waals surface area contributed by atoms with Crippen LogP contribution in [0.15, 0.2) is 36.5 Å². The van der Waals surface area contributed by atoms with E-state index in [0.29, 0.717) is 18.8 Å². The maximum absolute atomic E-state index is 13.7. The topological polar surface area (TPSA) is 54.9 Å². The average Bonchev–Trinajstić information content (AvgIpc) is 3.02. The van der Waals surface area contributed by atoms with E-state index in [9.17, 15) is 9.18 Å². The fraction of sp³-hybridized carbons (Fsp3) is 0.375. The molecule has 1 N–H and O–H groups in total. The van der Waals surface area contributed by atoms with Crippen molar-refractivity contribution in [2.24, 2.45) is 5.41 Å². The van der Waals surface area contributed by atoms with Crippen molar-refractivity contribution in [3.05, 3.63) is 64.5 Å². The fourth-order valence-corrected chi connectivity index (χ4v) is 3.76. The maximum Gasteiger partial charge on any atom is 0.223 e. The fourth-order valence-electron chi connectivity index (χ4n) is 3.76. The first kappa shape index (κ1) is 19.5. The molecule has 0 amide bonds. The van der Waals surface area contributed by atoms with Gasteiger partial charge >= 0.3 is 0 Å². The van der Waals surface area contributed by atoms with Gasteiger partial charge in [0.25, 0.3) is 0 Å². The number of alkyl halides is 1. The second-order valence-electron chi connectivity index (χ2n) is 9.17. The molecular formula is C24H26FN3O. The molecule has 5 heteroatoms. The third kappa shape index (κ3) is 4.14. The number of nitrogens with one attached hydrogen (secondary N) is 1. The Morgan fingerprint density at radius 2 is 2.03 bits per heavy atom. The van der Waals surface area contributed by atoms with Crippen molar-refractivity contribution < 1.29 is 9.18 Å². The minimum absolute atomic E-state index is 0.138. The predicted octanol–water partition coefficient (Wildman–Crippen LogP) is 5.25. The van der Waals surface area contributed by atoms with E-state index < -0.39 is 5.67 Å². The van der Waals surface area contributed by atoms with Gasteiger partial charge < -0.3 is 5.32 Å². The summed E-state index contributed by atoms with van der Waals surface area (Å²) in [7, 11) is 0. The Morgan fingerprint density at radius 1 is 1.24 bits per heavy atom. The number of carbonyl (C=O) groups is 1. The molecule has 0 spiro atoms. The van der Waals surface area contributed by atoms with Gasteiger partial charge in [0.15, 0.2) is 5.78 Å². The molecule has 4 rings (SSSR count). The number of nitrogens with zero attached hydrogens (tertiary/aromatic N) is 2. The van der Waals surface area contributed by atoms with E-state index in [4.69, 9.17) is 0 Å². The van der Waals surface area contributed by atoms with Gasteiger partial charge in [-0.05, 0) is 42.0 Å². The van der Waals surface area contributed by atoms with Gasteiger partial charge in [-0.3, -0.25) is 4.79 Å². The van der Waals surface area contributed by atoms with Crippen LogP contribution >= 0.6 is 0 Å². The lowest BCUT2D eigenvalue weighted by Crippen LogP contribution is -2.25. The highest BCUT2D eigenvalue weighted by molar-refractivity contribution is 6.01. The van der Waals surface area contributed by atoms with Gasteiger partial charge in [-0.25, -0.2) is 14.4 Å². The molecule has 1 heterocycles. The third-order valence-electron chi connectivity index (χ3n) is 5.32. The molecule has 1 aromatic heterocycles. The van der Waals surface area contributed by atoms with Crippen LogP contribution in [0.3, 0.4) is 0 Å². The number of anilines is 1. The summed E-state index contributed by atoms with van der Waals surface area (Å²) in [6.45, 7) is 7.36. The molecule has 150 valence electrons. The molecule has 0 saturated heterocycles. The van der Waals surface area contributed by atoms with Crippen LogP contribution in [0.2, 0.25) is 0 Å². The van der Waals surface area contributed by atoms with Crippen molar-refractivity contribution in [2.75, 3.05) is 11.9 Å². The number of allylic oxidation sites excluding steroid dienone is 2. The van der Waals surface area contributed by atoms with Crippen molar-refractivity contribution in [3.63, 3.8) is 0 Å². The molecule has 0 radical (unpaired) electrons. The minimum Gasteiger partial charge on any atom is -0.351 e. The van der Waals surface area contributed by atoms with Gasteiger partial charge in [-0.15, -0.1) is 0 Å². The molecule has 4 nitrogen and oxygen atoms in total. The normalized spacial score (nSPS) is 17.4. The number of hydrogen-bond donors (Lipinski definition) is 1. The standard InChI is InChI=1S/C24H26FN3O/c1-23(2)10-9-16-11-15(5-6-18(16)21(29)12-23)17-7-8-20-19(17)13-26-22(28-20)27-14-24(3,4)25/h5-7,9-11,13H,8,12,14H2,1-4H3,(H,26,27,28). The van der Waals surface area contributed by atoms with E-state index in [2.05, 4.69) is 53.4 Å². The lowest BCUT2D eigenvalue weighted by molar-refractivity contribution is 0.0951. The molecule has 0 unspecified atom stereocenters. The molecule has 2 aliphatic rings. The van der Waals surface area contributed by atoms with Crippen molar-refractivity contribution in [1.82, 2.24) is 9.97 Å². The van der Waals surface area contributed by atoms with Gasteiger partial charge in [-0.2, -0.15) is 0 Å². The predicted molar refractivity (Wildman–Crippen MR) is 115 cm³/mol. The maximum atomic E-state index is 13.7. The summed E-state index contributed by atoms with van der Waals surface area (Å²) in [6.07, 6.45) is 9.33. The van der Waals surface area contributed by atoms with Gasteiger partial charge in [-0.1, -0.05) is 44.2 Å². The van der Waals surface area contributed by atoms with Crippen molar-refractivity contribution in [2.45, 2.75) is 46.2 Å². The van der Waals surface area contributed by atoms with E-state index >= 15 is 0 Å². The molecule has 2 aliphatic carbocycles. The van der Waals surface area contributed by atoms with Crippen LogP contribution < -0.4 is 5.32 Å². The second-order valence-corrected chi connectivity index (χ2v) is 9.17. The highest BCUT2D eigenvalue weighted by Gasteiger charge is 2.26. The number of benzene rings is 1. The number of fused-ring (bicyclic) bond motifs is 2. The molecule has 0 atom stereocenters. The first-order valence-corrected chi connectivity index (χ1v) is 9.97. The molecule has 29 heavy (non-hydrogen) atoms. The summed E-state index contributed by atoms with van der Waals surface area (Å²) in [5, 5.41) is 2.96. The van der Waals surface area contributed by atoms with Crippen LogP contribution in [-0.4, -0.2) is 28.0 Å². The van der Waals surface area contributed by atoms with Gasteiger partial charge in [0.2, 0.25) is 5.95 Å². The lowest BCUT2D eigenvalue weighted by atomic mass is 9.87. The summed E-state index contributed by atoms with van der Waals surface area (Å²) in [5.74, 6) is 0.624. The third-order valence-corrected chi connectivity index (χ3v) is 5.32. The van der Waals surface area contributed by atoms with Crippen LogP contribution in [-0.2, 0) is 6.42 Å². The quantitative estimate of drug-likeness (QED) is 0.773. The Bertz CT molecular complexity index is 1040. The van der Waals surface area contributed by atoms with Crippen molar-refractivity contribution in [1.29, 1.82) is 0 Å². The molecular weight excluding hydrogens is 365 g/mol. The highest BCUT2D eigenvalue weighted by Crippen LogP contribution is 2.35. The Hall–Kier alpha value is -2.82. The molecule has 0 fully saturated rings. The summed E-state index contributed by atoms with van der Waals surface area (Å²) in [5.41, 5.74) is 4.30. The van der Waals surface area contributed by atoms with E-state index in [1.165, 1.54) is 13.8 Å². The zero-order chi connectivity index (χ0) is 20.8. The average molecular weight is 391 g/mol. The summed E-state index contributed by atoms with van der Waals surface area (Å²) < 4.78 is 13.7. The summed E-state index contributed by atoms with van der Waals surface area (Å²) in [4.78, 5) is 21.5. The lowest BCUT2D eigenvalue weighted by Gasteiger charge is -2.16. The largest absolute Gasteiger partial charge is 0.351 e. The Kier molecular flexibility index (Phi) is 4.64. The second kappa shape index (κ2) is 6.90. The molecule has 1 aromatic carbocycles. The Balaban J connectivity index is 1.62. The Morgan fingerprint density at radius 3 is 2.79 bits per heavy atom. The SMILES string of the molecule is CC(C)(F)CNc1ncc2c(n1)CC=C2c1ccc2c(c1)C=CC(C)(C)CC2=O. The van der Waals surface area contributed by atoms with E-state index in [1.807, 2.05) is 12.1 Å². The van der Waals surface area contributed by atoms with E-state index in [0.717, 1.165) is 33.5 Å². The first-order chi connectivity index (χ1) is 13.6. The van der Waals surface area contributed by atoms with Gasteiger partial charge in [0, 0.05) is 30.2 Å². The monoisotopic (exact) mass is 391 g/mol. The van der Waals surface area contributed by atoms with Crippen LogP contribution in [0.25, 0.3) is 11.6 Å². The molecule has 0 bridgehead atoms. The number of ketones is 1. The van der Waals surface area contributed by atoms with Crippen molar-refractivity contribution >= 4 is 23.4 Å². The number of carbonyl (C=O) groups excluding carboxylic acids is 1. The van der Waals surface area contributed by atoms with Gasteiger partial charge in [0.1, 0.15) is 5.67 Å². The van der Waals surface area contributed by atoms with E-state index in [1.54, 1.807) is 6.20 Å². The smallest absolute Gasteiger partial charge is 0.223 e. The summed E-state index contributed by atoms with van der Waals surface area (Å²) >= 11 is 0. The number of rotatable bonds is 4. The number of Topliss-reactive ketones (excluding diaryl/α,β-unsaturated/α-hetero) is 1. The zero-order valence-corrected chi connectivity index (χ0v) is 17.3. The van der Waals surface area contributed by atoms with Crippen LogP contribution in [0.1, 0.15) is 66.9 Å². The molecule has 0 aliphatic heterocycles. The minimum atomic E-state index is -1.33. The Labute approximate surface area is 171 Å². The summed E-state index contributed by atoms with van der Waals surface area (Å²) in [6, 6.07) is 6.00. The number of halogens is 1. The zero-order valence-electron chi connectivity index (χ0n) is 17.3. The van der Waals surface area contributed by atoms with Gasteiger partial charge in [0.05, 0.1) is 12.2 Å².